The second-order valence-corrected chi connectivity index (χ2v) is 7.06. The molecule has 0 bridgehead atoms. The minimum Gasteiger partial charge on any atom is -0.368 e. The lowest BCUT2D eigenvalue weighted by Gasteiger charge is -2.33. The minimum absolute atomic E-state index is 0.115. The molecule has 0 spiro atoms. The SMILES string of the molecule is O=C(C1CCCO1)N1CCC(c2n[nH]c(=O)n2Cc2ccccc2)CC1. The van der Waals surface area contributed by atoms with Gasteiger partial charge in [-0.05, 0) is 31.2 Å². The number of aromatic nitrogens is 3. The lowest BCUT2D eigenvalue weighted by Crippen LogP contribution is -2.43. The van der Waals surface area contributed by atoms with Gasteiger partial charge in [-0.3, -0.25) is 9.36 Å². The molecule has 138 valence electrons. The van der Waals surface area contributed by atoms with Crippen LogP contribution in [0.4, 0.5) is 0 Å². The third kappa shape index (κ3) is 3.44. The summed E-state index contributed by atoms with van der Waals surface area (Å²) >= 11 is 0. The van der Waals surface area contributed by atoms with Crippen LogP contribution in [0.1, 0.15) is 43.0 Å². The molecule has 1 aromatic carbocycles. The smallest absolute Gasteiger partial charge is 0.343 e. The molecule has 2 saturated heterocycles. The average Bonchev–Trinajstić information content (AvgIpc) is 3.33. The van der Waals surface area contributed by atoms with E-state index in [1.807, 2.05) is 35.2 Å². The number of piperidine rings is 1. The first kappa shape index (κ1) is 17.0. The normalized spacial score (nSPS) is 21.2. The lowest BCUT2D eigenvalue weighted by atomic mass is 9.95. The van der Waals surface area contributed by atoms with E-state index in [9.17, 15) is 9.59 Å². The molecule has 0 aliphatic carbocycles. The van der Waals surface area contributed by atoms with Gasteiger partial charge in [-0.2, -0.15) is 5.10 Å². The third-order valence-corrected chi connectivity index (χ3v) is 5.35. The zero-order valence-electron chi connectivity index (χ0n) is 14.8. The van der Waals surface area contributed by atoms with Crippen LogP contribution in [0, 0.1) is 0 Å². The first-order valence-corrected chi connectivity index (χ1v) is 9.32. The summed E-state index contributed by atoms with van der Waals surface area (Å²) < 4.78 is 7.23. The Morgan fingerprint density at radius 3 is 2.65 bits per heavy atom. The van der Waals surface area contributed by atoms with Gasteiger partial charge in [0, 0.05) is 25.6 Å². The van der Waals surface area contributed by atoms with Gasteiger partial charge in [-0.15, -0.1) is 0 Å². The Balaban J connectivity index is 1.43. The Bertz CT molecular complexity index is 800. The number of H-pyrrole nitrogens is 1. The topological polar surface area (TPSA) is 80.2 Å². The number of ether oxygens (including phenoxy) is 1. The zero-order valence-corrected chi connectivity index (χ0v) is 14.8. The van der Waals surface area contributed by atoms with Crippen molar-refractivity contribution < 1.29 is 9.53 Å². The van der Waals surface area contributed by atoms with Crippen LogP contribution in [0.5, 0.6) is 0 Å². The number of carbonyl (C=O) groups excluding carboxylic acids is 1. The molecular weight excluding hydrogens is 332 g/mol. The second kappa shape index (κ2) is 7.45. The average molecular weight is 356 g/mol. The molecule has 1 aromatic heterocycles. The molecule has 4 rings (SSSR count). The molecule has 2 aromatic rings. The fraction of sp³-hybridized carbons (Fsp3) is 0.526. The summed E-state index contributed by atoms with van der Waals surface area (Å²) in [7, 11) is 0. The number of nitrogens with zero attached hydrogens (tertiary/aromatic N) is 3. The van der Waals surface area contributed by atoms with Crippen LogP contribution in [0.3, 0.4) is 0 Å². The summed E-state index contributed by atoms with van der Waals surface area (Å²) in [6.07, 6.45) is 3.17. The quantitative estimate of drug-likeness (QED) is 0.900. The van der Waals surface area contributed by atoms with Crippen molar-refractivity contribution in [3.05, 3.63) is 52.2 Å². The molecule has 26 heavy (non-hydrogen) atoms. The van der Waals surface area contributed by atoms with Crippen molar-refractivity contribution in [3.8, 4) is 0 Å². The van der Waals surface area contributed by atoms with Crippen LogP contribution in [0.25, 0.3) is 0 Å². The number of rotatable bonds is 4. The van der Waals surface area contributed by atoms with Crippen LogP contribution < -0.4 is 5.69 Å². The van der Waals surface area contributed by atoms with Crippen molar-refractivity contribution in [1.29, 1.82) is 0 Å². The molecule has 1 atom stereocenters. The highest BCUT2D eigenvalue weighted by atomic mass is 16.5. The van der Waals surface area contributed by atoms with E-state index >= 15 is 0 Å². The molecule has 0 radical (unpaired) electrons. The number of benzene rings is 1. The Kier molecular flexibility index (Phi) is 4.88. The van der Waals surface area contributed by atoms with Crippen molar-refractivity contribution in [2.24, 2.45) is 0 Å². The Hall–Kier alpha value is -2.41. The molecule has 2 fully saturated rings. The monoisotopic (exact) mass is 356 g/mol. The molecular formula is C19H24N4O3. The maximum Gasteiger partial charge on any atom is 0.343 e. The van der Waals surface area contributed by atoms with Gasteiger partial charge in [0.05, 0.1) is 6.54 Å². The highest BCUT2D eigenvalue weighted by molar-refractivity contribution is 5.81. The van der Waals surface area contributed by atoms with Crippen LogP contribution >= 0.6 is 0 Å². The summed E-state index contributed by atoms with van der Waals surface area (Å²) in [4.78, 5) is 26.6. The van der Waals surface area contributed by atoms with E-state index < -0.39 is 0 Å². The lowest BCUT2D eigenvalue weighted by molar-refractivity contribution is -0.142. The number of hydrogen-bond donors (Lipinski definition) is 1. The van der Waals surface area contributed by atoms with Gasteiger partial charge >= 0.3 is 5.69 Å². The first-order valence-electron chi connectivity index (χ1n) is 9.32. The molecule has 0 saturated carbocycles. The number of nitrogens with one attached hydrogen (secondary N) is 1. The number of likely N-dealkylation sites (tertiary alicyclic amines) is 1. The predicted octanol–water partition coefficient (Wildman–Crippen LogP) is 1.50. The van der Waals surface area contributed by atoms with Crippen molar-refractivity contribution in [2.75, 3.05) is 19.7 Å². The van der Waals surface area contributed by atoms with Crippen LogP contribution in [-0.2, 0) is 16.1 Å². The van der Waals surface area contributed by atoms with E-state index in [-0.39, 0.29) is 23.6 Å². The zero-order chi connectivity index (χ0) is 17.9. The first-order chi connectivity index (χ1) is 12.7. The highest BCUT2D eigenvalue weighted by Gasteiger charge is 2.32. The number of amides is 1. The van der Waals surface area contributed by atoms with Gasteiger partial charge in [0.15, 0.2) is 0 Å². The van der Waals surface area contributed by atoms with Crippen LogP contribution in [0.2, 0.25) is 0 Å². The maximum atomic E-state index is 12.5. The van der Waals surface area contributed by atoms with E-state index in [2.05, 4.69) is 10.2 Å². The van der Waals surface area contributed by atoms with Crippen molar-refractivity contribution in [1.82, 2.24) is 19.7 Å². The van der Waals surface area contributed by atoms with Gasteiger partial charge in [-0.25, -0.2) is 9.89 Å². The summed E-state index contributed by atoms with van der Waals surface area (Å²) in [6, 6.07) is 9.91. The van der Waals surface area contributed by atoms with Crippen molar-refractivity contribution in [2.45, 2.75) is 44.2 Å². The summed E-state index contributed by atoms with van der Waals surface area (Å²) in [5.74, 6) is 1.10. The molecule has 3 heterocycles. The minimum atomic E-state index is -0.256. The van der Waals surface area contributed by atoms with Gasteiger partial charge in [-0.1, -0.05) is 30.3 Å². The Morgan fingerprint density at radius 1 is 1.19 bits per heavy atom. The Morgan fingerprint density at radius 2 is 1.96 bits per heavy atom. The van der Waals surface area contributed by atoms with Gasteiger partial charge in [0.2, 0.25) is 0 Å². The summed E-state index contributed by atoms with van der Waals surface area (Å²) in [5.41, 5.74) is 0.893. The van der Waals surface area contributed by atoms with Crippen molar-refractivity contribution >= 4 is 5.91 Å². The summed E-state index contributed by atoms with van der Waals surface area (Å²) in [5, 5.41) is 6.87. The van der Waals surface area contributed by atoms with E-state index in [0.717, 1.165) is 37.1 Å². The van der Waals surface area contributed by atoms with Crippen molar-refractivity contribution in [3.63, 3.8) is 0 Å². The molecule has 2 aliphatic rings. The fourth-order valence-electron chi connectivity index (χ4n) is 3.89. The maximum absolute atomic E-state index is 12.5. The van der Waals surface area contributed by atoms with Gasteiger partial charge in [0.25, 0.3) is 5.91 Å². The van der Waals surface area contributed by atoms with E-state index in [0.29, 0.717) is 26.2 Å². The fourth-order valence-corrected chi connectivity index (χ4v) is 3.89. The van der Waals surface area contributed by atoms with Gasteiger partial charge in [0.1, 0.15) is 11.9 Å². The predicted molar refractivity (Wildman–Crippen MR) is 95.9 cm³/mol. The van der Waals surface area contributed by atoms with Crippen LogP contribution in [-0.4, -0.2) is 51.4 Å². The third-order valence-electron chi connectivity index (χ3n) is 5.35. The summed E-state index contributed by atoms with van der Waals surface area (Å²) in [6.45, 7) is 2.58. The molecule has 1 N–H and O–H groups in total. The van der Waals surface area contributed by atoms with E-state index in [1.54, 1.807) is 4.57 Å². The Labute approximate surface area is 152 Å². The second-order valence-electron chi connectivity index (χ2n) is 7.06. The largest absolute Gasteiger partial charge is 0.368 e. The number of hydrogen-bond acceptors (Lipinski definition) is 4. The molecule has 1 unspecified atom stereocenters. The number of aromatic amines is 1. The van der Waals surface area contributed by atoms with Gasteiger partial charge < -0.3 is 9.64 Å². The molecule has 1 amide bonds. The molecule has 7 nitrogen and oxygen atoms in total. The standard InChI is InChI=1S/C19H24N4O3/c24-18(16-7-4-12-26-16)22-10-8-15(9-11-22)17-20-21-19(25)23(17)13-14-5-2-1-3-6-14/h1-3,5-6,15-16H,4,7-13H2,(H,21,25). The van der Waals surface area contributed by atoms with E-state index in [4.69, 9.17) is 4.74 Å². The molecule has 7 heteroatoms. The highest BCUT2D eigenvalue weighted by Crippen LogP contribution is 2.27. The molecule has 2 aliphatic heterocycles. The van der Waals surface area contributed by atoms with E-state index in [1.165, 1.54) is 0 Å². The van der Waals surface area contributed by atoms with Crippen LogP contribution in [0.15, 0.2) is 35.1 Å². The number of carbonyl (C=O) groups is 1.